The van der Waals surface area contributed by atoms with Crippen molar-refractivity contribution in [3.8, 4) is 11.5 Å². The minimum Gasteiger partial charge on any atom is -0.457 e. The quantitative estimate of drug-likeness (QED) is 0.270. The fraction of sp³-hybridized carbons (Fsp3) is 0.273. The van der Waals surface area contributed by atoms with Crippen LogP contribution in [-0.4, -0.2) is 18.0 Å². The molecule has 0 atom stereocenters. The second kappa shape index (κ2) is 11.0. The Labute approximate surface area is 193 Å². The molecule has 0 amide bonds. The van der Waals surface area contributed by atoms with Gasteiger partial charge < -0.3 is 19.8 Å². The van der Waals surface area contributed by atoms with Gasteiger partial charge >= 0.3 is 0 Å². The van der Waals surface area contributed by atoms with Gasteiger partial charge in [0, 0.05) is 13.6 Å². The molecule has 0 saturated carbocycles. The van der Waals surface area contributed by atoms with Crippen molar-refractivity contribution in [2.75, 3.05) is 7.05 Å². The zero-order valence-corrected chi connectivity index (χ0v) is 19.8. The number of aromatic nitrogens is 1. The highest BCUT2D eigenvalue weighted by molar-refractivity contribution is 14.0. The Kier molecular flexibility index (Phi) is 8.64. The van der Waals surface area contributed by atoms with Crippen molar-refractivity contribution in [2.45, 2.75) is 33.9 Å². The van der Waals surface area contributed by atoms with Crippen molar-refractivity contribution in [1.29, 1.82) is 0 Å². The number of aliphatic imine (C=N–C) groups is 1. The van der Waals surface area contributed by atoms with Crippen LogP contribution in [0.25, 0.3) is 0 Å². The maximum absolute atomic E-state index is 13.0. The maximum atomic E-state index is 13.0. The molecule has 0 aliphatic carbocycles. The first-order valence-corrected chi connectivity index (χ1v) is 9.35. The second-order valence-corrected chi connectivity index (χ2v) is 6.68. The highest BCUT2D eigenvalue weighted by Gasteiger charge is 2.07. The van der Waals surface area contributed by atoms with E-state index in [1.165, 1.54) is 12.1 Å². The number of nitrogens with zero attached hydrogens (tertiary/aromatic N) is 2. The molecule has 8 heteroatoms. The predicted octanol–water partition coefficient (Wildman–Crippen LogP) is 5.01. The van der Waals surface area contributed by atoms with E-state index in [2.05, 4.69) is 20.6 Å². The summed E-state index contributed by atoms with van der Waals surface area (Å²) in [6.45, 7) is 6.84. The van der Waals surface area contributed by atoms with Gasteiger partial charge in [-0.1, -0.05) is 12.1 Å². The second-order valence-electron chi connectivity index (χ2n) is 6.68. The molecule has 2 aromatic carbocycles. The molecule has 3 rings (SSSR count). The van der Waals surface area contributed by atoms with Gasteiger partial charge in [0.15, 0.2) is 5.96 Å². The van der Waals surface area contributed by atoms with E-state index in [0.29, 0.717) is 30.7 Å². The highest BCUT2D eigenvalue weighted by atomic mass is 127. The standard InChI is InChI=1S/C22H25FN4O2.HI/c1-14-11-17(5-10-20(14)29-19-8-6-18(23)7-9-19)12-25-22(24-4)26-13-21-27-15(2)16(3)28-21;/h5-11H,12-13H2,1-4H3,(H2,24,25,26);1H. The zero-order chi connectivity index (χ0) is 20.8. The Morgan fingerprint density at radius 1 is 1.07 bits per heavy atom. The molecule has 0 saturated heterocycles. The van der Waals surface area contributed by atoms with Crippen molar-refractivity contribution >= 4 is 29.9 Å². The summed E-state index contributed by atoms with van der Waals surface area (Å²) < 4.78 is 24.4. The average molecular weight is 524 g/mol. The Morgan fingerprint density at radius 2 is 1.77 bits per heavy atom. The summed E-state index contributed by atoms with van der Waals surface area (Å²) in [6.07, 6.45) is 0. The lowest BCUT2D eigenvalue weighted by Gasteiger charge is -2.13. The molecule has 30 heavy (non-hydrogen) atoms. The molecule has 0 unspecified atom stereocenters. The van der Waals surface area contributed by atoms with Crippen LogP contribution in [0.1, 0.15) is 28.5 Å². The topological polar surface area (TPSA) is 71.7 Å². The van der Waals surface area contributed by atoms with E-state index < -0.39 is 0 Å². The van der Waals surface area contributed by atoms with Gasteiger partial charge in [-0.15, -0.1) is 24.0 Å². The molecule has 0 radical (unpaired) electrons. The molecule has 0 bridgehead atoms. The van der Waals surface area contributed by atoms with Gasteiger partial charge in [-0.25, -0.2) is 9.37 Å². The van der Waals surface area contributed by atoms with E-state index in [0.717, 1.165) is 28.3 Å². The summed E-state index contributed by atoms with van der Waals surface area (Å²) in [5, 5.41) is 6.45. The van der Waals surface area contributed by atoms with Crippen molar-refractivity contribution < 1.29 is 13.5 Å². The lowest BCUT2D eigenvalue weighted by molar-refractivity contribution is 0.463. The van der Waals surface area contributed by atoms with Crippen molar-refractivity contribution in [3.63, 3.8) is 0 Å². The molecule has 0 aliphatic heterocycles. The molecule has 1 heterocycles. The molecular weight excluding hydrogens is 498 g/mol. The lowest BCUT2D eigenvalue weighted by Crippen LogP contribution is -2.36. The number of ether oxygens (including phenoxy) is 1. The molecule has 0 aliphatic rings. The summed E-state index contributed by atoms with van der Waals surface area (Å²) in [4.78, 5) is 8.57. The van der Waals surface area contributed by atoms with Crippen LogP contribution in [0, 0.1) is 26.6 Å². The molecule has 0 spiro atoms. The Morgan fingerprint density at radius 3 is 2.37 bits per heavy atom. The van der Waals surface area contributed by atoms with Crippen LogP contribution in [0.2, 0.25) is 0 Å². The van der Waals surface area contributed by atoms with E-state index in [1.54, 1.807) is 19.2 Å². The molecule has 160 valence electrons. The third kappa shape index (κ3) is 6.45. The molecular formula is C22H26FIN4O2. The summed E-state index contributed by atoms with van der Waals surface area (Å²) in [5.74, 6) is 3.15. The van der Waals surface area contributed by atoms with E-state index in [-0.39, 0.29) is 29.8 Å². The number of benzene rings is 2. The largest absolute Gasteiger partial charge is 0.457 e. The van der Waals surface area contributed by atoms with Crippen LogP contribution >= 0.6 is 24.0 Å². The van der Waals surface area contributed by atoms with Gasteiger partial charge in [-0.05, 0) is 62.2 Å². The van der Waals surface area contributed by atoms with Gasteiger partial charge in [0.1, 0.15) is 23.1 Å². The smallest absolute Gasteiger partial charge is 0.214 e. The number of hydrogen-bond donors (Lipinski definition) is 2. The Hall–Kier alpha value is -2.62. The number of hydrogen-bond acceptors (Lipinski definition) is 4. The summed E-state index contributed by atoms with van der Waals surface area (Å²) in [5.41, 5.74) is 2.96. The zero-order valence-electron chi connectivity index (χ0n) is 17.5. The first-order valence-electron chi connectivity index (χ1n) is 9.35. The van der Waals surface area contributed by atoms with Gasteiger partial charge in [-0.3, -0.25) is 4.99 Å². The normalized spacial score (nSPS) is 11.0. The monoisotopic (exact) mass is 524 g/mol. The third-order valence-corrected chi connectivity index (χ3v) is 4.44. The number of oxazole rings is 1. The maximum Gasteiger partial charge on any atom is 0.214 e. The van der Waals surface area contributed by atoms with Gasteiger partial charge in [-0.2, -0.15) is 0 Å². The summed E-state index contributed by atoms with van der Waals surface area (Å²) >= 11 is 0. The van der Waals surface area contributed by atoms with Gasteiger partial charge in [0.25, 0.3) is 0 Å². The number of guanidine groups is 1. The average Bonchev–Trinajstić information content (AvgIpc) is 3.03. The molecule has 6 nitrogen and oxygen atoms in total. The highest BCUT2D eigenvalue weighted by Crippen LogP contribution is 2.26. The van der Waals surface area contributed by atoms with E-state index >= 15 is 0 Å². The fourth-order valence-corrected chi connectivity index (χ4v) is 2.75. The van der Waals surface area contributed by atoms with E-state index in [9.17, 15) is 4.39 Å². The molecule has 1 aromatic heterocycles. The van der Waals surface area contributed by atoms with Crippen LogP contribution < -0.4 is 15.4 Å². The van der Waals surface area contributed by atoms with Crippen molar-refractivity contribution in [3.05, 3.63) is 76.8 Å². The van der Waals surface area contributed by atoms with Crippen molar-refractivity contribution in [2.24, 2.45) is 4.99 Å². The molecule has 2 N–H and O–H groups in total. The SMILES string of the molecule is CN=C(NCc1ccc(Oc2ccc(F)cc2)c(C)c1)NCc1nc(C)c(C)o1.I. The van der Waals surface area contributed by atoms with Crippen LogP contribution in [-0.2, 0) is 13.1 Å². The van der Waals surface area contributed by atoms with E-state index in [4.69, 9.17) is 9.15 Å². The first-order chi connectivity index (χ1) is 13.9. The third-order valence-electron chi connectivity index (χ3n) is 4.44. The predicted molar refractivity (Wildman–Crippen MR) is 126 cm³/mol. The van der Waals surface area contributed by atoms with Gasteiger partial charge in [0.2, 0.25) is 5.89 Å². The number of halogens is 2. The summed E-state index contributed by atoms with van der Waals surface area (Å²) in [6, 6.07) is 11.9. The van der Waals surface area contributed by atoms with Crippen molar-refractivity contribution in [1.82, 2.24) is 15.6 Å². The van der Waals surface area contributed by atoms with Gasteiger partial charge in [0.05, 0.1) is 12.2 Å². The van der Waals surface area contributed by atoms with E-state index in [1.807, 2.05) is 39.0 Å². The summed E-state index contributed by atoms with van der Waals surface area (Å²) in [7, 11) is 1.71. The minimum atomic E-state index is -0.286. The fourth-order valence-electron chi connectivity index (χ4n) is 2.75. The Balaban J connectivity index is 0.00000320. The van der Waals surface area contributed by atoms with Crippen LogP contribution in [0.15, 0.2) is 51.9 Å². The number of aryl methyl sites for hydroxylation is 3. The lowest BCUT2D eigenvalue weighted by atomic mass is 10.1. The van der Waals surface area contributed by atoms with Crippen LogP contribution in [0.5, 0.6) is 11.5 Å². The molecule has 0 fully saturated rings. The minimum absolute atomic E-state index is 0. The number of rotatable bonds is 6. The van der Waals surface area contributed by atoms with Crippen LogP contribution in [0.3, 0.4) is 0 Å². The molecule has 3 aromatic rings. The first kappa shape index (κ1) is 23.7. The Bertz CT molecular complexity index is 983. The number of nitrogens with one attached hydrogen (secondary N) is 2. The van der Waals surface area contributed by atoms with Crippen LogP contribution in [0.4, 0.5) is 4.39 Å².